The summed E-state index contributed by atoms with van der Waals surface area (Å²) >= 11 is 6.87. The first-order valence-electron chi connectivity index (χ1n) is 15.3. The summed E-state index contributed by atoms with van der Waals surface area (Å²) in [6.07, 6.45) is 13.5. The van der Waals surface area contributed by atoms with Crippen molar-refractivity contribution < 1.29 is 19.1 Å². The number of anilines is 1. The third kappa shape index (κ3) is 13.7. The standard InChI is InChI=1S/C33H50ClN3O4/c1-5-6-7-8-9-10-11-12-16-19-26(41-30(39)24-29(38)36-25-17-14-13-15-18-25)20-21-27(34)31(28-22-23-35-37-28)32(40)33(2,3)4/h13-15,17-18,22-23,26-27,31H,5-12,16,19-21,24H2,1-4H3,(H,35,37)(H,36,38). The minimum atomic E-state index is -0.578. The highest BCUT2D eigenvalue weighted by Gasteiger charge is 2.37. The van der Waals surface area contributed by atoms with Crippen molar-refractivity contribution in [2.45, 2.75) is 129 Å². The van der Waals surface area contributed by atoms with Crippen LogP contribution in [0.25, 0.3) is 0 Å². The molecule has 2 rings (SSSR count). The highest BCUT2D eigenvalue weighted by molar-refractivity contribution is 6.23. The van der Waals surface area contributed by atoms with Gasteiger partial charge in [-0.05, 0) is 43.9 Å². The Balaban J connectivity index is 1.95. The molecule has 0 aliphatic carbocycles. The first-order chi connectivity index (χ1) is 19.6. The van der Waals surface area contributed by atoms with Gasteiger partial charge >= 0.3 is 5.97 Å². The molecule has 0 bridgehead atoms. The second kappa shape index (κ2) is 18.7. The maximum absolute atomic E-state index is 13.3. The molecule has 228 valence electrons. The van der Waals surface area contributed by atoms with Crippen LogP contribution in [0.2, 0.25) is 0 Å². The summed E-state index contributed by atoms with van der Waals surface area (Å²) in [6, 6.07) is 10.8. The molecule has 41 heavy (non-hydrogen) atoms. The van der Waals surface area contributed by atoms with E-state index in [9.17, 15) is 14.4 Å². The number of Topliss-reactive ketones (excluding diaryl/α,β-unsaturated/α-hetero) is 1. The molecular formula is C33H50ClN3O4. The van der Waals surface area contributed by atoms with Crippen LogP contribution in [0.1, 0.15) is 123 Å². The lowest BCUT2D eigenvalue weighted by molar-refractivity contribution is -0.151. The largest absolute Gasteiger partial charge is 0.462 e. The van der Waals surface area contributed by atoms with E-state index in [-0.39, 0.29) is 18.3 Å². The number of carbonyl (C=O) groups excluding carboxylic acids is 3. The summed E-state index contributed by atoms with van der Waals surface area (Å²) in [5.41, 5.74) is 0.676. The number of alkyl halides is 1. The Morgan fingerprint density at radius 1 is 0.902 bits per heavy atom. The molecule has 2 N–H and O–H groups in total. The number of hydrogen-bond acceptors (Lipinski definition) is 5. The van der Waals surface area contributed by atoms with Crippen molar-refractivity contribution in [3.8, 4) is 0 Å². The Labute approximate surface area is 251 Å². The Bertz CT molecular complexity index is 1020. The summed E-state index contributed by atoms with van der Waals surface area (Å²) < 4.78 is 5.81. The van der Waals surface area contributed by atoms with Gasteiger partial charge in [-0.1, -0.05) is 97.3 Å². The number of benzene rings is 1. The molecule has 1 aromatic heterocycles. The first-order valence-corrected chi connectivity index (χ1v) is 15.8. The van der Waals surface area contributed by atoms with E-state index in [0.29, 0.717) is 30.6 Å². The average Bonchev–Trinajstić information content (AvgIpc) is 3.45. The van der Waals surface area contributed by atoms with E-state index in [4.69, 9.17) is 16.3 Å². The first kappa shape index (κ1) is 34.5. The number of unbranched alkanes of at least 4 members (excludes halogenated alkanes) is 8. The van der Waals surface area contributed by atoms with Crippen molar-refractivity contribution >= 4 is 34.9 Å². The van der Waals surface area contributed by atoms with Crippen LogP contribution >= 0.6 is 11.6 Å². The van der Waals surface area contributed by atoms with Crippen molar-refractivity contribution in [2.24, 2.45) is 5.41 Å². The predicted octanol–water partition coefficient (Wildman–Crippen LogP) is 8.36. The lowest BCUT2D eigenvalue weighted by Crippen LogP contribution is -2.33. The van der Waals surface area contributed by atoms with Crippen molar-refractivity contribution in [3.05, 3.63) is 48.3 Å². The van der Waals surface area contributed by atoms with Gasteiger partial charge in [0.25, 0.3) is 0 Å². The molecule has 1 aromatic carbocycles. The fourth-order valence-electron chi connectivity index (χ4n) is 4.94. The zero-order chi connectivity index (χ0) is 30.1. The second-order valence-corrected chi connectivity index (χ2v) is 12.6. The number of nitrogens with zero attached hydrogens (tertiary/aromatic N) is 1. The summed E-state index contributed by atoms with van der Waals surface area (Å²) in [7, 11) is 0. The zero-order valence-corrected chi connectivity index (χ0v) is 26.2. The number of halogens is 1. The Morgan fingerprint density at radius 3 is 2.12 bits per heavy atom. The number of rotatable bonds is 20. The highest BCUT2D eigenvalue weighted by atomic mass is 35.5. The minimum absolute atomic E-state index is 0.0228. The minimum Gasteiger partial charge on any atom is -0.462 e. The van der Waals surface area contributed by atoms with Crippen molar-refractivity contribution in [1.82, 2.24) is 10.2 Å². The van der Waals surface area contributed by atoms with Crippen LogP contribution in [0.15, 0.2) is 42.6 Å². The van der Waals surface area contributed by atoms with E-state index in [1.807, 2.05) is 39.0 Å². The molecule has 7 nitrogen and oxygen atoms in total. The third-order valence-electron chi connectivity index (χ3n) is 7.28. The molecule has 0 fully saturated rings. The van der Waals surface area contributed by atoms with Crippen molar-refractivity contribution in [1.29, 1.82) is 0 Å². The Morgan fingerprint density at radius 2 is 1.54 bits per heavy atom. The monoisotopic (exact) mass is 587 g/mol. The van der Waals surface area contributed by atoms with Gasteiger partial charge in [-0.3, -0.25) is 19.5 Å². The molecule has 0 saturated heterocycles. The van der Waals surface area contributed by atoms with E-state index in [2.05, 4.69) is 22.4 Å². The van der Waals surface area contributed by atoms with Crippen LogP contribution < -0.4 is 5.32 Å². The molecule has 0 aliphatic rings. The molecule has 0 radical (unpaired) electrons. The second-order valence-electron chi connectivity index (χ2n) is 12.0. The maximum Gasteiger partial charge on any atom is 0.315 e. The lowest BCUT2D eigenvalue weighted by atomic mass is 9.79. The van der Waals surface area contributed by atoms with Gasteiger partial charge in [0.1, 0.15) is 18.3 Å². The average molecular weight is 588 g/mol. The number of aromatic nitrogens is 2. The van der Waals surface area contributed by atoms with Gasteiger partial charge in [-0.2, -0.15) is 5.10 Å². The predicted molar refractivity (Wildman–Crippen MR) is 166 cm³/mol. The molecule has 0 aliphatic heterocycles. The Kier molecular flexibility index (Phi) is 15.7. The Hall–Kier alpha value is -2.67. The quantitative estimate of drug-likeness (QED) is 0.0701. The summed E-state index contributed by atoms with van der Waals surface area (Å²) in [5, 5.41) is 9.27. The van der Waals surface area contributed by atoms with Gasteiger partial charge in [-0.15, -0.1) is 11.6 Å². The van der Waals surface area contributed by atoms with Crippen molar-refractivity contribution in [2.75, 3.05) is 5.32 Å². The number of hydrogen-bond donors (Lipinski definition) is 2. The number of esters is 1. The van der Waals surface area contributed by atoms with E-state index in [1.165, 1.54) is 38.5 Å². The third-order valence-corrected chi connectivity index (χ3v) is 7.75. The fourth-order valence-corrected chi connectivity index (χ4v) is 5.31. The molecule has 1 amide bonds. The highest BCUT2D eigenvalue weighted by Crippen LogP contribution is 2.34. The number of H-pyrrole nitrogens is 1. The van der Waals surface area contributed by atoms with E-state index >= 15 is 0 Å². The number of carbonyl (C=O) groups is 3. The normalized spacial score (nSPS) is 13.8. The SMILES string of the molecule is CCCCCCCCCCCC(CCC(Cl)C(C(=O)C(C)(C)C)c1cc[nH]n1)OC(=O)CC(=O)Nc1ccccc1. The van der Waals surface area contributed by atoms with Crippen LogP contribution in [0.3, 0.4) is 0 Å². The number of para-hydroxylation sites is 1. The summed E-state index contributed by atoms with van der Waals surface area (Å²) in [5.74, 6) is -1.51. The van der Waals surface area contributed by atoms with Gasteiger partial charge in [0, 0.05) is 22.7 Å². The maximum atomic E-state index is 13.3. The van der Waals surface area contributed by atoms with Crippen LogP contribution in [0.4, 0.5) is 5.69 Å². The molecule has 3 unspecified atom stereocenters. The topological polar surface area (TPSA) is 101 Å². The van der Waals surface area contributed by atoms with Gasteiger partial charge in [0.05, 0.1) is 11.6 Å². The number of aromatic amines is 1. The molecule has 1 heterocycles. The van der Waals surface area contributed by atoms with Crippen molar-refractivity contribution in [3.63, 3.8) is 0 Å². The molecular weight excluding hydrogens is 538 g/mol. The fraction of sp³-hybridized carbons (Fsp3) is 0.636. The van der Waals surface area contributed by atoms with Crippen LogP contribution in [-0.2, 0) is 19.1 Å². The van der Waals surface area contributed by atoms with Crippen LogP contribution in [0, 0.1) is 5.41 Å². The molecule has 0 saturated carbocycles. The number of amides is 1. The van der Waals surface area contributed by atoms with Gasteiger partial charge in [0.15, 0.2) is 0 Å². The van der Waals surface area contributed by atoms with Crippen LogP contribution in [-0.4, -0.2) is 39.3 Å². The van der Waals surface area contributed by atoms with Gasteiger partial charge < -0.3 is 10.1 Å². The number of nitrogens with one attached hydrogen (secondary N) is 2. The van der Waals surface area contributed by atoms with Gasteiger partial charge in [0.2, 0.25) is 5.91 Å². The molecule has 3 atom stereocenters. The lowest BCUT2D eigenvalue weighted by Gasteiger charge is -2.28. The van der Waals surface area contributed by atoms with Gasteiger partial charge in [-0.25, -0.2) is 0 Å². The number of ether oxygens (including phenoxy) is 1. The van der Waals surface area contributed by atoms with E-state index in [0.717, 1.165) is 19.3 Å². The zero-order valence-electron chi connectivity index (χ0n) is 25.4. The summed E-state index contributed by atoms with van der Waals surface area (Å²) in [4.78, 5) is 38.4. The van der Waals surface area contributed by atoms with Crippen LogP contribution in [0.5, 0.6) is 0 Å². The smallest absolute Gasteiger partial charge is 0.315 e. The molecule has 8 heteroatoms. The molecule has 0 spiro atoms. The van der Waals surface area contributed by atoms with E-state index < -0.39 is 28.6 Å². The summed E-state index contributed by atoms with van der Waals surface area (Å²) in [6.45, 7) is 7.87. The van der Waals surface area contributed by atoms with E-state index in [1.54, 1.807) is 24.4 Å². The molecule has 2 aromatic rings. The number of ketones is 1.